The van der Waals surface area contributed by atoms with Gasteiger partial charge in [-0.25, -0.2) is 15.0 Å². The highest BCUT2D eigenvalue weighted by molar-refractivity contribution is 6.25. The molecule has 322 valence electrons. The maximum Gasteiger partial charge on any atom is 0.164 e. The van der Waals surface area contributed by atoms with Gasteiger partial charge in [-0.05, 0) is 162 Å². The Morgan fingerprint density at radius 1 is 0.294 bits per heavy atom. The lowest BCUT2D eigenvalue weighted by atomic mass is 9.43. The van der Waals surface area contributed by atoms with Crippen molar-refractivity contribution in [3.8, 4) is 67.5 Å². The molecule has 0 aliphatic heterocycles. The Hall–Kier alpha value is -7.75. The van der Waals surface area contributed by atoms with Crippen molar-refractivity contribution in [3.63, 3.8) is 0 Å². The van der Waals surface area contributed by atoms with E-state index in [2.05, 4.69) is 194 Å². The second-order valence-corrected chi connectivity index (χ2v) is 20.3. The van der Waals surface area contributed by atoms with Crippen LogP contribution in [0.25, 0.3) is 111 Å². The average molecular weight is 870 g/mol. The fourth-order valence-electron chi connectivity index (χ4n) is 14.4. The van der Waals surface area contributed by atoms with Gasteiger partial charge >= 0.3 is 0 Å². The molecule has 5 aliphatic rings. The highest BCUT2D eigenvalue weighted by Crippen LogP contribution is 2.70. The zero-order chi connectivity index (χ0) is 44.5. The Labute approximate surface area is 396 Å². The Bertz CT molecular complexity index is 3820. The molecule has 4 fully saturated rings. The summed E-state index contributed by atoms with van der Waals surface area (Å²) in [5.74, 6) is 5.25. The molecule has 5 aliphatic carbocycles. The molecule has 3 heteroatoms. The Balaban J connectivity index is 0.878. The van der Waals surface area contributed by atoms with Crippen LogP contribution in [-0.4, -0.2) is 15.0 Å². The van der Waals surface area contributed by atoms with E-state index in [1.807, 2.05) is 6.07 Å². The lowest BCUT2D eigenvalue weighted by Gasteiger charge is -2.61. The van der Waals surface area contributed by atoms with E-state index in [0.717, 1.165) is 56.9 Å². The normalized spacial score (nSPS) is 21.0. The summed E-state index contributed by atoms with van der Waals surface area (Å²) >= 11 is 0. The van der Waals surface area contributed by atoms with Gasteiger partial charge in [0.25, 0.3) is 0 Å². The largest absolute Gasteiger partial charge is 0.208 e. The topological polar surface area (TPSA) is 38.7 Å². The van der Waals surface area contributed by atoms with Crippen LogP contribution in [0.5, 0.6) is 0 Å². The van der Waals surface area contributed by atoms with Gasteiger partial charge in [-0.3, -0.25) is 0 Å². The number of aromatic nitrogens is 3. The molecule has 16 rings (SSSR count). The molecule has 1 heterocycles. The van der Waals surface area contributed by atoms with Gasteiger partial charge < -0.3 is 0 Å². The predicted molar refractivity (Wildman–Crippen MR) is 280 cm³/mol. The first-order chi connectivity index (χ1) is 33.7. The first-order valence-corrected chi connectivity index (χ1v) is 24.7. The van der Waals surface area contributed by atoms with Crippen LogP contribution in [-0.2, 0) is 5.41 Å². The fourth-order valence-corrected chi connectivity index (χ4v) is 14.4. The van der Waals surface area contributed by atoms with Crippen LogP contribution in [0.15, 0.2) is 200 Å². The second kappa shape index (κ2) is 14.6. The molecule has 68 heavy (non-hydrogen) atoms. The van der Waals surface area contributed by atoms with Crippen molar-refractivity contribution in [2.45, 2.75) is 37.5 Å². The molecule has 10 aromatic carbocycles. The summed E-state index contributed by atoms with van der Waals surface area (Å²) in [7, 11) is 0. The van der Waals surface area contributed by atoms with Crippen molar-refractivity contribution in [1.82, 2.24) is 15.0 Å². The van der Waals surface area contributed by atoms with E-state index in [4.69, 9.17) is 15.0 Å². The van der Waals surface area contributed by atoms with E-state index in [1.54, 1.807) is 11.1 Å². The van der Waals surface area contributed by atoms with E-state index in [0.29, 0.717) is 17.5 Å². The van der Waals surface area contributed by atoms with Crippen molar-refractivity contribution >= 4 is 43.1 Å². The zero-order valence-corrected chi connectivity index (χ0v) is 37.7. The van der Waals surface area contributed by atoms with Gasteiger partial charge in [0.1, 0.15) is 0 Å². The molecule has 3 nitrogen and oxygen atoms in total. The lowest BCUT2D eigenvalue weighted by molar-refractivity contribution is -0.0399. The Morgan fingerprint density at radius 3 is 1.50 bits per heavy atom. The minimum absolute atomic E-state index is 0.120. The molecule has 0 amide bonds. The number of rotatable bonds is 5. The van der Waals surface area contributed by atoms with Crippen molar-refractivity contribution < 1.29 is 0 Å². The standard InChI is InChI=1S/C65H47N3/c1-2-14-41(15-3-1)62-66-63(44-17-12-16-42(37-44)43-28-29-54-49-20-5-4-18-47(49)48-19-7-9-23-52(48)58(54)38-43)68-64(67-62)56-31-30-53(50-21-6-8-22-51(50)56)55-25-13-27-60-61(55)57-24-10-11-26-59(57)65(60)45-33-39-32-40(35-45)36-46(65)34-39/h1-31,37-40,45-46H,32-36H2. The van der Waals surface area contributed by atoms with Crippen LogP contribution in [0.1, 0.15) is 43.2 Å². The highest BCUT2D eigenvalue weighted by atomic mass is 15.0. The van der Waals surface area contributed by atoms with Crippen molar-refractivity contribution in [2.24, 2.45) is 23.7 Å². The van der Waals surface area contributed by atoms with Gasteiger partial charge in [-0.1, -0.05) is 182 Å². The lowest BCUT2D eigenvalue weighted by Crippen LogP contribution is -2.55. The molecule has 0 N–H and O–H groups in total. The maximum atomic E-state index is 5.38. The summed E-state index contributed by atoms with van der Waals surface area (Å²) in [5, 5.41) is 9.97. The van der Waals surface area contributed by atoms with Gasteiger partial charge in [-0.2, -0.15) is 0 Å². The number of hydrogen-bond donors (Lipinski definition) is 0. The number of fused-ring (bicyclic) bond motifs is 10. The van der Waals surface area contributed by atoms with Crippen LogP contribution >= 0.6 is 0 Å². The number of benzene rings is 10. The van der Waals surface area contributed by atoms with Crippen LogP contribution in [0, 0.1) is 23.7 Å². The molecule has 1 spiro atoms. The molecule has 0 radical (unpaired) electrons. The van der Waals surface area contributed by atoms with Crippen molar-refractivity contribution in [3.05, 3.63) is 211 Å². The van der Waals surface area contributed by atoms with Crippen LogP contribution in [0.4, 0.5) is 0 Å². The van der Waals surface area contributed by atoms with E-state index >= 15 is 0 Å². The molecule has 4 bridgehead atoms. The third kappa shape index (κ3) is 5.50. The summed E-state index contributed by atoms with van der Waals surface area (Å²) in [6.07, 6.45) is 6.97. The van der Waals surface area contributed by atoms with E-state index < -0.39 is 0 Å². The summed E-state index contributed by atoms with van der Waals surface area (Å²) in [5.41, 5.74) is 14.0. The van der Waals surface area contributed by atoms with Crippen LogP contribution in [0.3, 0.4) is 0 Å². The maximum absolute atomic E-state index is 5.38. The van der Waals surface area contributed by atoms with Gasteiger partial charge in [0.15, 0.2) is 17.5 Å². The van der Waals surface area contributed by atoms with Crippen molar-refractivity contribution in [1.29, 1.82) is 0 Å². The summed E-state index contributed by atoms with van der Waals surface area (Å²) < 4.78 is 0. The third-order valence-corrected chi connectivity index (χ3v) is 16.9. The molecular formula is C65H47N3. The van der Waals surface area contributed by atoms with Crippen molar-refractivity contribution in [2.75, 3.05) is 0 Å². The van der Waals surface area contributed by atoms with E-state index in [1.165, 1.54) is 92.1 Å². The van der Waals surface area contributed by atoms with E-state index in [-0.39, 0.29) is 5.41 Å². The van der Waals surface area contributed by atoms with Gasteiger partial charge in [0.2, 0.25) is 0 Å². The van der Waals surface area contributed by atoms with Gasteiger partial charge in [-0.15, -0.1) is 0 Å². The van der Waals surface area contributed by atoms with E-state index in [9.17, 15) is 0 Å². The Morgan fingerprint density at radius 2 is 0.779 bits per heavy atom. The predicted octanol–water partition coefficient (Wildman–Crippen LogP) is 16.5. The summed E-state index contributed by atoms with van der Waals surface area (Å²) in [4.78, 5) is 15.9. The fraction of sp³-hybridized carbons (Fsp3) is 0.154. The third-order valence-electron chi connectivity index (χ3n) is 16.9. The molecule has 0 unspecified atom stereocenters. The first kappa shape index (κ1) is 38.4. The zero-order valence-electron chi connectivity index (χ0n) is 37.7. The molecule has 1 aromatic heterocycles. The molecule has 0 atom stereocenters. The van der Waals surface area contributed by atoms with Crippen LogP contribution in [0.2, 0.25) is 0 Å². The monoisotopic (exact) mass is 869 g/mol. The molecule has 11 aromatic rings. The SMILES string of the molecule is c1ccc(-c2nc(-c3cccc(-c4ccc5c6ccccc6c6ccccc6c5c4)c3)nc(-c3ccc(-c4cccc5c4-c4ccccc4C54C5CC6CC(C5)CC4C6)c4ccccc34)n2)cc1. The minimum Gasteiger partial charge on any atom is -0.208 e. The quantitative estimate of drug-likeness (QED) is 0.162. The first-order valence-electron chi connectivity index (χ1n) is 24.7. The van der Waals surface area contributed by atoms with Gasteiger partial charge in [0, 0.05) is 22.1 Å². The summed E-state index contributed by atoms with van der Waals surface area (Å²) in [6, 6.07) is 73.7. The molecule has 4 saturated carbocycles. The minimum atomic E-state index is 0.120. The smallest absolute Gasteiger partial charge is 0.164 e. The second-order valence-electron chi connectivity index (χ2n) is 20.3. The Kier molecular flexibility index (Phi) is 8.25. The molecular weight excluding hydrogens is 823 g/mol. The number of hydrogen-bond acceptors (Lipinski definition) is 3. The average Bonchev–Trinajstić information content (AvgIpc) is 3.70. The highest BCUT2D eigenvalue weighted by Gasteiger charge is 2.61. The summed E-state index contributed by atoms with van der Waals surface area (Å²) in [6.45, 7) is 0. The van der Waals surface area contributed by atoms with Gasteiger partial charge in [0.05, 0.1) is 0 Å². The number of nitrogens with zero attached hydrogens (tertiary/aromatic N) is 3. The van der Waals surface area contributed by atoms with Crippen LogP contribution < -0.4 is 0 Å². The molecule has 0 saturated heterocycles.